The maximum atomic E-state index is 11.0. The quantitative estimate of drug-likeness (QED) is 0.562. The van der Waals surface area contributed by atoms with Crippen molar-refractivity contribution < 1.29 is 9.00 Å². The van der Waals surface area contributed by atoms with Crippen LogP contribution in [0.2, 0.25) is 0 Å². The van der Waals surface area contributed by atoms with Crippen molar-refractivity contribution >= 4 is 26.4 Å². The van der Waals surface area contributed by atoms with Crippen LogP contribution in [0.1, 0.15) is 13.8 Å². The molecule has 58 valence electrons. The van der Waals surface area contributed by atoms with E-state index in [1.165, 1.54) is 10.8 Å². The number of ketones is 1. The van der Waals surface area contributed by atoms with Crippen LogP contribution in [0.3, 0.4) is 0 Å². The molecule has 0 saturated carbocycles. The van der Waals surface area contributed by atoms with Crippen LogP contribution in [0.4, 0.5) is 0 Å². The van der Waals surface area contributed by atoms with Crippen LogP contribution in [-0.2, 0) is 14.6 Å². The van der Waals surface area contributed by atoms with Gasteiger partial charge < -0.3 is 0 Å². The summed E-state index contributed by atoms with van der Waals surface area (Å²) in [5.41, 5.74) is -0.310. The van der Waals surface area contributed by atoms with E-state index in [2.05, 4.69) is 0 Å². The van der Waals surface area contributed by atoms with Gasteiger partial charge in [-0.1, -0.05) is 17.7 Å². The lowest BCUT2D eigenvalue weighted by molar-refractivity contribution is -0.123. The average molecular weight is 178 g/mol. The van der Waals surface area contributed by atoms with Gasteiger partial charge in [-0.05, 0) is 6.92 Å². The number of rotatable bonds is 1. The van der Waals surface area contributed by atoms with E-state index in [-0.39, 0.29) is 11.2 Å². The molecule has 0 amide bonds. The number of carbonyl (C=O) groups is 1. The first kappa shape index (κ1) is 8.27. The standard InChI is InChI=1S/C6H10O2S2/c1-5(7)6(2)3-9-10(8)4-6/h3-4H2,1-2H3. The number of carbonyl (C=O) groups excluding carboxylic acids is 1. The van der Waals surface area contributed by atoms with Crippen LogP contribution < -0.4 is 0 Å². The maximum Gasteiger partial charge on any atom is 0.137 e. The summed E-state index contributed by atoms with van der Waals surface area (Å²) in [6, 6.07) is 0. The van der Waals surface area contributed by atoms with Crippen molar-refractivity contribution in [1.29, 1.82) is 0 Å². The van der Waals surface area contributed by atoms with Crippen molar-refractivity contribution in [2.75, 3.05) is 11.5 Å². The van der Waals surface area contributed by atoms with Gasteiger partial charge in [0.25, 0.3) is 0 Å². The molecule has 1 aliphatic rings. The normalized spacial score (nSPS) is 40.0. The Balaban J connectivity index is 2.72. The van der Waals surface area contributed by atoms with E-state index in [1.54, 1.807) is 6.92 Å². The van der Waals surface area contributed by atoms with Crippen molar-refractivity contribution in [1.82, 2.24) is 0 Å². The van der Waals surface area contributed by atoms with E-state index < -0.39 is 9.83 Å². The SMILES string of the molecule is CC(=O)C1(C)CSS(=O)C1. The van der Waals surface area contributed by atoms with E-state index in [0.29, 0.717) is 5.75 Å². The third-order valence-electron chi connectivity index (χ3n) is 1.80. The zero-order valence-electron chi connectivity index (χ0n) is 6.05. The molecule has 1 saturated heterocycles. The fraction of sp³-hybridized carbons (Fsp3) is 0.833. The molecule has 4 heteroatoms. The molecule has 0 aromatic rings. The molecular weight excluding hydrogens is 168 g/mol. The van der Waals surface area contributed by atoms with Gasteiger partial charge in [0.05, 0.1) is 9.83 Å². The summed E-state index contributed by atoms with van der Waals surface area (Å²) < 4.78 is 10.9. The molecule has 0 bridgehead atoms. The highest BCUT2D eigenvalue weighted by molar-refractivity contribution is 8.69. The van der Waals surface area contributed by atoms with Gasteiger partial charge in [-0.2, -0.15) is 0 Å². The summed E-state index contributed by atoms with van der Waals surface area (Å²) in [7, 11) is 0.567. The Kier molecular flexibility index (Phi) is 2.20. The summed E-state index contributed by atoms with van der Waals surface area (Å²) >= 11 is 0. The first-order chi connectivity index (χ1) is 4.54. The molecule has 0 aromatic carbocycles. The summed E-state index contributed by atoms with van der Waals surface area (Å²) in [6.07, 6.45) is 0. The largest absolute Gasteiger partial charge is 0.299 e. The molecule has 1 aliphatic heterocycles. The molecule has 2 unspecified atom stereocenters. The lowest BCUT2D eigenvalue weighted by atomic mass is 9.91. The minimum atomic E-state index is -0.817. The Hall–Kier alpha value is 0.170. The van der Waals surface area contributed by atoms with Gasteiger partial charge in [0.2, 0.25) is 0 Å². The van der Waals surface area contributed by atoms with E-state index in [0.717, 1.165) is 5.75 Å². The number of hydrogen-bond donors (Lipinski definition) is 0. The van der Waals surface area contributed by atoms with Gasteiger partial charge in [-0.15, -0.1) is 0 Å². The van der Waals surface area contributed by atoms with Crippen LogP contribution in [0.25, 0.3) is 0 Å². The van der Waals surface area contributed by atoms with Crippen LogP contribution in [-0.4, -0.2) is 21.5 Å². The molecule has 0 N–H and O–H groups in total. The third kappa shape index (κ3) is 1.42. The molecule has 2 atom stereocenters. The first-order valence-electron chi connectivity index (χ1n) is 3.07. The Morgan fingerprint density at radius 3 is 2.50 bits per heavy atom. The molecule has 0 aromatic heterocycles. The van der Waals surface area contributed by atoms with Gasteiger partial charge >= 0.3 is 0 Å². The molecule has 2 nitrogen and oxygen atoms in total. The predicted molar refractivity (Wildman–Crippen MR) is 44.3 cm³/mol. The van der Waals surface area contributed by atoms with E-state index in [1.807, 2.05) is 6.92 Å². The van der Waals surface area contributed by atoms with Crippen LogP contribution in [0, 0.1) is 5.41 Å². The molecule has 1 rings (SSSR count). The van der Waals surface area contributed by atoms with Gasteiger partial charge in [-0.3, -0.25) is 4.79 Å². The second-order valence-corrected chi connectivity index (χ2v) is 6.07. The number of Topliss-reactive ketones (excluding diaryl/α,β-unsaturated/α-hetero) is 1. The summed E-state index contributed by atoms with van der Waals surface area (Å²) in [4.78, 5) is 11.0. The molecule has 0 radical (unpaired) electrons. The fourth-order valence-corrected chi connectivity index (χ4v) is 4.68. The topological polar surface area (TPSA) is 34.1 Å². The minimum absolute atomic E-state index is 0.158. The van der Waals surface area contributed by atoms with Gasteiger partial charge in [0, 0.05) is 16.9 Å². The van der Waals surface area contributed by atoms with Crippen molar-refractivity contribution in [2.24, 2.45) is 5.41 Å². The van der Waals surface area contributed by atoms with E-state index in [4.69, 9.17) is 0 Å². The molecule has 0 spiro atoms. The van der Waals surface area contributed by atoms with Crippen molar-refractivity contribution in [3.63, 3.8) is 0 Å². The molecule has 0 aliphatic carbocycles. The average Bonchev–Trinajstić information content (AvgIpc) is 2.13. The van der Waals surface area contributed by atoms with Gasteiger partial charge in [0.15, 0.2) is 0 Å². The Morgan fingerprint density at radius 1 is 1.70 bits per heavy atom. The van der Waals surface area contributed by atoms with Crippen molar-refractivity contribution in [2.45, 2.75) is 13.8 Å². The molecule has 1 fully saturated rings. The van der Waals surface area contributed by atoms with Gasteiger partial charge in [-0.25, -0.2) is 4.21 Å². The third-order valence-corrected chi connectivity index (χ3v) is 5.18. The van der Waals surface area contributed by atoms with Crippen LogP contribution in [0.15, 0.2) is 0 Å². The molecule has 1 heterocycles. The second kappa shape index (κ2) is 2.66. The smallest absolute Gasteiger partial charge is 0.137 e. The maximum absolute atomic E-state index is 11.0. The highest BCUT2D eigenvalue weighted by Gasteiger charge is 2.38. The second-order valence-electron chi connectivity index (χ2n) is 2.83. The monoisotopic (exact) mass is 178 g/mol. The predicted octanol–water partition coefficient (Wildman–Crippen LogP) is 0.992. The zero-order chi connectivity index (χ0) is 7.78. The van der Waals surface area contributed by atoms with Crippen LogP contribution >= 0.6 is 10.8 Å². The minimum Gasteiger partial charge on any atom is -0.299 e. The Labute approximate surface area is 66.6 Å². The Bertz CT molecular complexity index is 190. The summed E-state index contributed by atoms with van der Waals surface area (Å²) in [5.74, 6) is 1.41. The Morgan fingerprint density at radius 2 is 2.30 bits per heavy atom. The molecular formula is C6H10O2S2. The van der Waals surface area contributed by atoms with Gasteiger partial charge in [0.1, 0.15) is 5.78 Å². The highest BCUT2D eigenvalue weighted by Crippen LogP contribution is 2.35. The fourth-order valence-electron chi connectivity index (χ4n) is 0.742. The lowest BCUT2D eigenvalue weighted by Crippen LogP contribution is -2.28. The van der Waals surface area contributed by atoms with Crippen molar-refractivity contribution in [3.8, 4) is 0 Å². The molecule has 10 heavy (non-hydrogen) atoms. The van der Waals surface area contributed by atoms with E-state index in [9.17, 15) is 9.00 Å². The zero-order valence-corrected chi connectivity index (χ0v) is 7.68. The summed E-state index contributed by atoms with van der Waals surface area (Å²) in [5, 5.41) is 0. The van der Waals surface area contributed by atoms with Crippen molar-refractivity contribution in [3.05, 3.63) is 0 Å². The summed E-state index contributed by atoms with van der Waals surface area (Å²) in [6.45, 7) is 3.45. The highest BCUT2D eigenvalue weighted by atomic mass is 33.1. The number of hydrogen-bond acceptors (Lipinski definition) is 3. The van der Waals surface area contributed by atoms with E-state index >= 15 is 0 Å². The van der Waals surface area contributed by atoms with Crippen LogP contribution in [0.5, 0.6) is 0 Å². The lowest BCUT2D eigenvalue weighted by Gasteiger charge is -2.15. The first-order valence-corrected chi connectivity index (χ1v) is 5.89.